The molecule has 0 unspecified atom stereocenters. The summed E-state index contributed by atoms with van der Waals surface area (Å²) in [5.41, 5.74) is 1.40. The third kappa shape index (κ3) is 2.65. The number of hydrogen-bond donors (Lipinski definition) is 1. The van der Waals surface area contributed by atoms with Gasteiger partial charge in [0.2, 0.25) is 0 Å². The van der Waals surface area contributed by atoms with Crippen LogP contribution in [-0.2, 0) is 4.79 Å². The van der Waals surface area contributed by atoms with Crippen molar-refractivity contribution in [2.24, 2.45) is 0 Å². The molecule has 1 N–H and O–H groups in total. The summed E-state index contributed by atoms with van der Waals surface area (Å²) >= 11 is 0. The van der Waals surface area contributed by atoms with Crippen LogP contribution in [0.3, 0.4) is 0 Å². The maximum atomic E-state index is 12.7. The van der Waals surface area contributed by atoms with Gasteiger partial charge in [-0.3, -0.25) is 14.4 Å². The molecule has 0 aromatic heterocycles. The predicted molar refractivity (Wildman–Crippen MR) is 94.5 cm³/mol. The zero-order valence-corrected chi connectivity index (χ0v) is 14.1. The minimum atomic E-state index is -0.305. The second-order valence-corrected chi connectivity index (χ2v) is 6.90. The van der Waals surface area contributed by atoms with E-state index in [1.54, 1.807) is 36.4 Å². The number of aldehydes is 1. The van der Waals surface area contributed by atoms with Gasteiger partial charge in [0.05, 0.1) is 0 Å². The lowest BCUT2D eigenvalue weighted by molar-refractivity contribution is -0.108. The molecule has 0 heterocycles. The highest BCUT2D eigenvalue weighted by Crippen LogP contribution is 2.39. The van der Waals surface area contributed by atoms with E-state index in [2.05, 4.69) is 5.32 Å². The first-order valence-electron chi connectivity index (χ1n) is 8.63. The zero-order chi connectivity index (χ0) is 18.3. The van der Waals surface area contributed by atoms with Gasteiger partial charge in [-0.15, -0.1) is 0 Å². The van der Waals surface area contributed by atoms with Crippen molar-refractivity contribution in [1.82, 2.24) is 5.32 Å². The standard InChI is InChI=1S/C21H17NO4/c23-11-3-8-21(9-10-21)22-20(26)13-6-7-16-17(12-13)19(25)15-5-2-1-4-14(15)18(16)24/h1-2,4-7,11-12H,3,8-10H2,(H,22,26). The van der Waals surface area contributed by atoms with E-state index in [1.165, 1.54) is 6.07 Å². The Morgan fingerprint density at radius 1 is 0.962 bits per heavy atom. The van der Waals surface area contributed by atoms with Gasteiger partial charge in [0.25, 0.3) is 5.91 Å². The third-order valence-corrected chi connectivity index (χ3v) is 5.16. The minimum absolute atomic E-state index is 0.202. The summed E-state index contributed by atoms with van der Waals surface area (Å²) in [6.45, 7) is 0. The van der Waals surface area contributed by atoms with Gasteiger partial charge in [-0.25, -0.2) is 0 Å². The Morgan fingerprint density at radius 3 is 2.19 bits per heavy atom. The lowest BCUT2D eigenvalue weighted by atomic mass is 9.83. The lowest BCUT2D eigenvalue weighted by Gasteiger charge is -2.19. The average molecular weight is 347 g/mol. The van der Waals surface area contributed by atoms with E-state index in [-0.39, 0.29) is 28.6 Å². The first-order chi connectivity index (χ1) is 12.5. The first-order valence-corrected chi connectivity index (χ1v) is 8.63. The maximum absolute atomic E-state index is 12.7. The van der Waals surface area contributed by atoms with E-state index in [9.17, 15) is 19.2 Å². The molecule has 2 aromatic carbocycles. The fourth-order valence-corrected chi connectivity index (χ4v) is 3.48. The minimum Gasteiger partial charge on any atom is -0.347 e. The van der Waals surface area contributed by atoms with E-state index in [4.69, 9.17) is 0 Å². The maximum Gasteiger partial charge on any atom is 0.251 e. The van der Waals surface area contributed by atoms with Crippen molar-refractivity contribution in [3.63, 3.8) is 0 Å². The predicted octanol–water partition coefficient (Wildman–Crippen LogP) is 2.70. The Hall–Kier alpha value is -3.08. The molecule has 2 aliphatic carbocycles. The van der Waals surface area contributed by atoms with Gasteiger partial charge in [-0.2, -0.15) is 0 Å². The summed E-state index contributed by atoms with van der Waals surface area (Å²) < 4.78 is 0. The Bertz CT molecular complexity index is 956. The van der Waals surface area contributed by atoms with Gasteiger partial charge in [0.1, 0.15) is 6.29 Å². The van der Waals surface area contributed by atoms with Crippen LogP contribution in [-0.4, -0.2) is 29.3 Å². The fourth-order valence-electron chi connectivity index (χ4n) is 3.48. The molecule has 5 nitrogen and oxygen atoms in total. The molecule has 2 aromatic rings. The first kappa shape index (κ1) is 16.4. The van der Waals surface area contributed by atoms with Crippen LogP contribution in [0.5, 0.6) is 0 Å². The van der Waals surface area contributed by atoms with E-state index in [0.717, 1.165) is 19.1 Å². The van der Waals surface area contributed by atoms with Gasteiger partial charge >= 0.3 is 0 Å². The molecule has 1 saturated carbocycles. The molecule has 5 heteroatoms. The van der Waals surface area contributed by atoms with Crippen molar-refractivity contribution < 1.29 is 19.2 Å². The van der Waals surface area contributed by atoms with Crippen molar-refractivity contribution in [3.8, 4) is 0 Å². The van der Waals surface area contributed by atoms with E-state index in [1.807, 2.05) is 0 Å². The molecule has 0 saturated heterocycles. The molecule has 4 rings (SSSR count). The molecule has 0 atom stereocenters. The van der Waals surface area contributed by atoms with Crippen molar-refractivity contribution in [2.75, 3.05) is 0 Å². The average Bonchev–Trinajstić information content (AvgIpc) is 3.43. The highest BCUT2D eigenvalue weighted by molar-refractivity contribution is 6.28. The SMILES string of the molecule is O=CCCC1(NC(=O)c2ccc3c(c2)C(=O)c2ccccc2C3=O)CC1. The molecule has 1 amide bonds. The van der Waals surface area contributed by atoms with Gasteiger partial charge in [0.15, 0.2) is 11.6 Å². The molecule has 26 heavy (non-hydrogen) atoms. The highest BCUT2D eigenvalue weighted by Gasteiger charge is 2.43. The van der Waals surface area contributed by atoms with Crippen LogP contribution < -0.4 is 5.32 Å². The number of carbonyl (C=O) groups is 4. The Kier molecular flexibility index (Phi) is 3.80. The second kappa shape index (κ2) is 6.02. The number of amides is 1. The topological polar surface area (TPSA) is 80.3 Å². The van der Waals surface area contributed by atoms with Crippen LogP contribution in [0.2, 0.25) is 0 Å². The van der Waals surface area contributed by atoms with Crippen molar-refractivity contribution >= 4 is 23.8 Å². The highest BCUT2D eigenvalue weighted by atomic mass is 16.2. The van der Waals surface area contributed by atoms with Gasteiger partial charge < -0.3 is 10.1 Å². The lowest BCUT2D eigenvalue weighted by Crippen LogP contribution is -2.37. The van der Waals surface area contributed by atoms with Crippen LogP contribution in [0.1, 0.15) is 67.9 Å². The van der Waals surface area contributed by atoms with E-state index < -0.39 is 0 Å². The molecular weight excluding hydrogens is 330 g/mol. The van der Waals surface area contributed by atoms with E-state index in [0.29, 0.717) is 35.1 Å². The summed E-state index contributed by atoms with van der Waals surface area (Å²) in [7, 11) is 0. The summed E-state index contributed by atoms with van der Waals surface area (Å²) in [6, 6.07) is 11.3. The molecule has 0 spiro atoms. The third-order valence-electron chi connectivity index (χ3n) is 5.16. The quantitative estimate of drug-likeness (QED) is 0.720. The smallest absolute Gasteiger partial charge is 0.251 e. The largest absolute Gasteiger partial charge is 0.347 e. The fraction of sp³-hybridized carbons (Fsp3) is 0.238. The monoisotopic (exact) mass is 347 g/mol. The van der Waals surface area contributed by atoms with Crippen LogP contribution in [0, 0.1) is 0 Å². The number of benzene rings is 2. The summed E-state index contributed by atoms with van der Waals surface area (Å²) in [5, 5.41) is 2.98. The molecular formula is C21H17NO4. The van der Waals surface area contributed by atoms with Crippen molar-refractivity contribution in [3.05, 3.63) is 70.3 Å². The van der Waals surface area contributed by atoms with Crippen LogP contribution in [0.15, 0.2) is 42.5 Å². The molecule has 130 valence electrons. The van der Waals surface area contributed by atoms with Crippen LogP contribution in [0.4, 0.5) is 0 Å². The normalized spacial score (nSPS) is 16.5. The number of fused-ring (bicyclic) bond motifs is 2. The molecule has 2 aliphatic rings. The molecule has 1 fully saturated rings. The van der Waals surface area contributed by atoms with Crippen LogP contribution >= 0.6 is 0 Å². The van der Waals surface area contributed by atoms with E-state index >= 15 is 0 Å². The number of ketones is 2. The molecule has 0 aliphatic heterocycles. The zero-order valence-electron chi connectivity index (χ0n) is 14.1. The molecule has 0 bridgehead atoms. The second-order valence-electron chi connectivity index (χ2n) is 6.90. The number of carbonyl (C=O) groups excluding carboxylic acids is 4. The van der Waals surface area contributed by atoms with Gasteiger partial charge in [0, 0.05) is 39.8 Å². The number of hydrogen-bond acceptors (Lipinski definition) is 4. The summed E-state index contributed by atoms with van der Waals surface area (Å²) in [6.07, 6.45) is 3.59. The Labute approximate surface area is 150 Å². The van der Waals surface area contributed by atoms with Crippen molar-refractivity contribution in [2.45, 2.75) is 31.2 Å². The number of rotatable bonds is 5. The van der Waals surface area contributed by atoms with Crippen molar-refractivity contribution in [1.29, 1.82) is 0 Å². The summed E-state index contributed by atoms with van der Waals surface area (Å²) in [5.74, 6) is -0.728. The Balaban J connectivity index is 1.63. The van der Waals surface area contributed by atoms with Gasteiger partial charge in [-0.1, -0.05) is 24.3 Å². The summed E-state index contributed by atoms with van der Waals surface area (Å²) in [4.78, 5) is 48.5. The van der Waals surface area contributed by atoms with Gasteiger partial charge in [-0.05, 0) is 37.5 Å². The molecule has 0 radical (unpaired) electrons. The Morgan fingerprint density at radius 2 is 1.58 bits per heavy atom. The number of nitrogens with one attached hydrogen (secondary N) is 1. The van der Waals surface area contributed by atoms with Crippen LogP contribution in [0.25, 0.3) is 0 Å².